The van der Waals surface area contributed by atoms with E-state index in [0.29, 0.717) is 5.92 Å². The molecule has 28 heavy (non-hydrogen) atoms. The Labute approximate surface area is 169 Å². The number of guanidine groups is 1. The van der Waals surface area contributed by atoms with E-state index in [1.807, 2.05) is 25.7 Å². The second-order valence-corrected chi connectivity index (χ2v) is 8.57. The molecule has 7 heteroatoms. The molecule has 7 nitrogen and oxygen atoms in total. The quantitative estimate of drug-likeness (QED) is 0.619. The molecule has 0 aromatic carbocycles. The van der Waals surface area contributed by atoms with Crippen LogP contribution in [0.5, 0.6) is 0 Å². The molecule has 1 N–H and O–H groups in total. The zero-order valence-corrected chi connectivity index (χ0v) is 18.4. The number of nitrogens with one attached hydrogen (secondary N) is 1. The highest BCUT2D eigenvalue weighted by atomic mass is 16.6. The first-order chi connectivity index (χ1) is 13.2. The van der Waals surface area contributed by atoms with Gasteiger partial charge in [-0.2, -0.15) is 0 Å². The van der Waals surface area contributed by atoms with E-state index < -0.39 is 5.60 Å². The predicted molar refractivity (Wildman–Crippen MR) is 113 cm³/mol. The van der Waals surface area contributed by atoms with Crippen LogP contribution < -0.4 is 5.32 Å². The molecule has 0 atom stereocenters. The fourth-order valence-electron chi connectivity index (χ4n) is 3.29. The van der Waals surface area contributed by atoms with E-state index >= 15 is 0 Å². The van der Waals surface area contributed by atoms with Gasteiger partial charge in [0.15, 0.2) is 5.96 Å². The summed E-state index contributed by atoms with van der Waals surface area (Å²) in [5.41, 5.74) is 0.806. The lowest BCUT2D eigenvalue weighted by Gasteiger charge is -2.33. The average Bonchev–Trinajstić information content (AvgIpc) is 3.02. The number of carbonyl (C=O) groups is 1. The first-order valence-corrected chi connectivity index (χ1v) is 10.3. The highest BCUT2D eigenvalue weighted by molar-refractivity contribution is 5.79. The summed E-state index contributed by atoms with van der Waals surface area (Å²) >= 11 is 0. The number of carbonyl (C=O) groups excluding carboxylic acids is 1. The van der Waals surface area contributed by atoms with Crippen LogP contribution in [-0.4, -0.2) is 65.2 Å². The fourth-order valence-corrected chi connectivity index (χ4v) is 3.29. The second kappa shape index (κ2) is 9.85. The van der Waals surface area contributed by atoms with Crippen molar-refractivity contribution in [3.05, 3.63) is 24.0 Å². The molecule has 0 spiro atoms. The van der Waals surface area contributed by atoms with Crippen LogP contribution in [0.15, 0.2) is 23.3 Å². The third kappa shape index (κ3) is 6.77. The molecule has 2 heterocycles. The summed E-state index contributed by atoms with van der Waals surface area (Å²) in [6.45, 7) is 11.7. The van der Waals surface area contributed by atoms with Gasteiger partial charge < -0.3 is 24.4 Å². The summed E-state index contributed by atoms with van der Waals surface area (Å²) in [5, 5.41) is 3.39. The van der Waals surface area contributed by atoms with Crippen molar-refractivity contribution in [2.24, 2.45) is 18.0 Å². The summed E-state index contributed by atoms with van der Waals surface area (Å²) in [4.78, 5) is 21.0. The van der Waals surface area contributed by atoms with Crippen LogP contribution in [0.25, 0.3) is 0 Å². The van der Waals surface area contributed by atoms with Gasteiger partial charge in [-0.3, -0.25) is 4.99 Å². The smallest absolute Gasteiger partial charge is 0.410 e. The van der Waals surface area contributed by atoms with Crippen molar-refractivity contribution in [1.29, 1.82) is 0 Å². The Morgan fingerprint density at radius 3 is 2.57 bits per heavy atom. The minimum absolute atomic E-state index is 0.204. The Morgan fingerprint density at radius 2 is 2.04 bits per heavy atom. The van der Waals surface area contributed by atoms with E-state index in [4.69, 9.17) is 9.73 Å². The van der Waals surface area contributed by atoms with E-state index in [1.54, 1.807) is 0 Å². The third-order valence-electron chi connectivity index (χ3n) is 4.91. The molecule has 2 rings (SSSR count). The van der Waals surface area contributed by atoms with Crippen molar-refractivity contribution in [3.63, 3.8) is 0 Å². The zero-order chi connectivity index (χ0) is 20.7. The summed E-state index contributed by atoms with van der Waals surface area (Å²) in [7, 11) is 4.13. The van der Waals surface area contributed by atoms with E-state index in [9.17, 15) is 4.79 Å². The molecule has 1 aromatic heterocycles. The number of aromatic nitrogens is 1. The van der Waals surface area contributed by atoms with Crippen LogP contribution >= 0.6 is 0 Å². The molecule has 1 aliphatic rings. The van der Waals surface area contributed by atoms with Gasteiger partial charge in [-0.15, -0.1) is 0 Å². The number of likely N-dealkylation sites (tertiary alicyclic amines) is 1. The maximum Gasteiger partial charge on any atom is 0.410 e. The fraction of sp³-hybridized carbons (Fsp3) is 0.714. The molecule has 0 aliphatic carbocycles. The Bertz CT molecular complexity index is 654. The normalized spacial score (nSPS) is 16.2. The van der Waals surface area contributed by atoms with Gasteiger partial charge in [0.1, 0.15) is 5.60 Å². The topological polar surface area (TPSA) is 62.1 Å². The average molecular weight is 392 g/mol. The maximum atomic E-state index is 12.2. The van der Waals surface area contributed by atoms with E-state index in [-0.39, 0.29) is 6.09 Å². The Hall–Kier alpha value is -2.18. The second-order valence-electron chi connectivity index (χ2n) is 8.57. The summed E-state index contributed by atoms with van der Waals surface area (Å²) < 4.78 is 7.61. The lowest BCUT2D eigenvalue weighted by Crippen LogP contribution is -2.42. The van der Waals surface area contributed by atoms with Gasteiger partial charge in [0.05, 0.1) is 6.54 Å². The minimum atomic E-state index is -0.443. The molecule has 1 aliphatic heterocycles. The number of amides is 1. The molecular weight excluding hydrogens is 354 g/mol. The molecule has 0 unspecified atom stereocenters. The third-order valence-corrected chi connectivity index (χ3v) is 4.91. The Balaban J connectivity index is 1.86. The van der Waals surface area contributed by atoms with Crippen molar-refractivity contribution in [2.45, 2.75) is 52.7 Å². The number of aryl methyl sites for hydroxylation is 1. The minimum Gasteiger partial charge on any atom is -0.444 e. The number of piperidine rings is 1. The van der Waals surface area contributed by atoms with Gasteiger partial charge in [0.25, 0.3) is 0 Å². The van der Waals surface area contributed by atoms with Gasteiger partial charge in [0.2, 0.25) is 0 Å². The molecule has 1 fully saturated rings. The van der Waals surface area contributed by atoms with Crippen molar-refractivity contribution < 1.29 is 9.53 Å². The molecular formula is C21H37N5O2. The summed E-state index contributed by atoms with van der Waals surface area (Å²) in [5.74, 6) is 1.43. The van der Waals surface area contributed by atoms with Crippen LogP contribution in [-0.2, 0) is 18.3 Å². The molecule has 0 saturated carbocycles. The van der Waals surface area contributed by atoms with Crippen LogP contribution in [0.1, 0.15) is 46.2 Å². The monoisotopic (exact) mass is 391 g/mol. The predicted octanol–water partition coefficient (Wildman–Crippen LogP) is 3.07. The molecule has 1 saturated heterocycles. The van der Waals surface area contributed by atoms with Crippen LogP contribution in [0.2, 0.25) is 0 Å². The van der Waals surface area contributed by atoms with Gasteiger partial charge in [-0.05, 0) is 58.6 Å². The summed E-state index contributed by atoms with van der Waals surface area (Å²) in [6, 6.07) is 4.19. The van der Waals surface area contributed by atoms with Crippen LogP contribution in [0, 0.1) is 5.92 Å². The SMILES string of the molecule is CCNC(=NCC1CCN(C(=O)OC(C)(C)C)CC1)N(C)Cc1cccn1C. The van der Waals surface area contributed by atoms with Crippen molar-refractivity contribution in [2.75, 3.05) is 33.2 Å². The van der Waals surface area contributed by atoms with Crippen molar-refractivity contribution >= 4 is 12.1 Å². The molecule has 1 aromatic rings. The first kappa shape index (κ1) is 22.1. The van der Waals surface area contributed by atoms with E-state index in [1.165, 1.54) is 5.69 Å². The van der Waals surface area contributed by atoms with Gasteiger partial charge in [0, 0.05) is 52.2 Å². The number of rotatable bonds is 5. The lowest BCUT2D eigenvalue weighted by molar-refractivity contribution is 0.0187. The van der Waals surface area contributed by atoms with Crippen molar-refractivity contribution in [1.82, 2.24) is 19.7 Å². The number of hydrogen-bond acceptors (Lipinski definition) is 3. The number of hydrogen-bond donors (Lipinski definition) is 1. The lowest BCUT2D eigenvalue weighted by atomic mass is 9.97. The standard InChI is InChI=1S/C21H37N5O2/c1-7-22-19(25(6)16-18-9-8-12-24(18)5)23-15-17-10-13-26(14-11-17)20(27)28-21(2,3)4/h8-9,12,17H,7,10-11,13-16H2,1-6H3,(H,22,23). The Morgan fingerprint density at radius 1 is 1.36 bits per heavy atom. The molecule has 1 amide bonds. The van der Waals surface area contributed by atoms with Crippen LogP contribution in [0.3, 0.4) is 0 Å². The Kier molecular flexibility index (Phi) is 7.78. The number of ether oxygens (including phenoxy) is 1. The highest BCUT2D eigenvalue weighted by Gasteiger charge is 2.26. The molecule has 0 radical (unpaired) electrons. The van der Waals surface area contributed by atoms with Gasteiger partial charge in [-0.25, -0.2) is 4.79 Å². The zero-order valence-electron chi connectivity index (χ0n) is 18.4. The number of nitrogens with zero attached hydrogens (tertiary/aromatic N) is 4. The van der Waals surface area contributed by atoms with Gasteiger partial charge in [-0.1, -0.05) is 0 Å². The molecule has 158 valence electrons. The van der Waals surface area contributed by atoms with Gasteiger partial charge >= 0.3 is 6.09 Å². The number of aliphatic imine (C=N–C) groups is 1. The maximum absolute atomic E-state index is 12.2. The van der Waals surface area contributed by atoms with E-state index in [2.05, 4.69) is 54.1 Å². The van der Waals surface area contributed by atoms with Crippen LogP contribution in [0.4, 0.5) is 4.79 Å². The molecule has 0 bridgehead atoms. The highest BCUT2D eigenvalue weighted by Crippen LogP contribution is 2.20. The van der Waals surface area contributed by atoms with E-state index in [0.717, 1.165) is 51.5 Å². The largest absolute Gasteiger partial charge is 0.444 e. The van der Waals surface area contributed by atoms with Crippen molar-refractivity contribution in [3.8, 4) is 0 Å². The summed E-state index contributed by atoms with van der Waals surface area (Å²) in [6.07, 6.45) is 3.78. The first-order valence-electron chi connectivity index (χ1n) is 10.3.